The Bertz CT molecular complexity index is 481. The highest BCUT2D eigenvalue weighted by Crippen LogP contribution is 2.25. The van der Waals surface area contributed by atoms with E-state index in [0.29, 0.717) is 19.6 Å². The van der Waals surface area contributed by atoms with Gasteiger partial charge in [0, 0.05) is 18.0 Å². The van der Waals surface area contributed by atoms with Gasteiger partial charge in [0.1, 0.15) is 6.10 Å². The molecule has 4 nitrogen and oxygen atoms in total. The van der Waals surface area contributed by atoms with Gasteiger partial charge < -0.3 is 15.4 Å². The highest BCUT2D eigenvalue weighted by Gasteiger charge is 2.32. The number of carbonyl (C=O) groups is 1. The third kappa shape index (κ3) is 4.97. The molecule has 2 atom stereocenters. The van der Waals surface area contributed by atoms with Gasteiger partial charge in [-0.3, -0.25) is 4.79 Å². The molecule has 2 N–H and O–H groups in total. The van der Waals surface area contributed by atoms with E-state index < -0.39 is 0 Å². The molecule has 0 radical (unpaired) electrons. The number of ether oxygens (including phenoxy) is 1. The standard InChI is InChI=1S/C14H19ClN2O2S.ClH/c1-2-7-17(9-11-4-6-13(15)20-11)14(18)12-5-3-10(8-16)19-12;/h2,4,6,10,12H,1,3,5,7-9,16H2;1H/t10-,12+;/m1./s1. The molecule has 2 rings (SSSR count). The predicted molar refractivity (Wildman–Crippen MR) is 89.1 cm³/mol. The molecule has 0 aliphatic carbocycles. The predicted octanol–water partition coefficient (Wildman–Crippen LogP) is 2.84. The van der Waals surface area contributed by atoms with Gasteiger partial charge in [0.2, 0.25) is 0 Å². The second kappa shape index (κ2) is 8.76. The van der Waals surface area contributed by atoms with Gasteiger partial charge in [-0.25, -0.2) is 0 Å². The van der Waals surface area contributed by atoms with Crippen LogP contribution in [0.25, 0.3) is 0 Å². The summed E-state index contributed by atoms with van der Waals surface area (Å²) in [4.78, 5) is 15.3. The Morgan fingerprint density at radius 2 is 2.33 bits per heavy atom. The number of amides is 1. The zero-order valence-electron chi connectivity index (χ0n) is 11.7. The van der Waals surface area contributed by atoms with Crippen LogP contribution in [0.15, 0.2) is 24.8 Å². The summed E-state index contributed by atoms with van der Waals surface area (Å²) in [6.45, 7) is 5.21. The van der Waals surface area contributed by atoms with Crippen molar-refractivity contribution < 1.29 is 9.53 Å². The Balaban J connectivity index is 0.00000220. The summed E-state index contributed by atoms with van der Waals surface area (Å²) in [5.41, 5.74) is 5.58. The molecule has 21 heavy (non-hydrogen) atoms. The Morgan fingerprint density at radius 3 is 2.86 bits per heavy atom. The van der Waals surface area contributed by atoms with Crippen LogP contribution in [0.3, 0.4) is 0 Å². The number of hydrogen-bond donors (Lipinski definition) is 1. The van der Waals surface area contributed by atoms with Gasteiger partial charge in [0.05, 0.1) is 17.0 Å². The first-order chi connectivity index (χ1) is 9.63. The average Bonchev–Trinajstić information content (AvgIpc) is 3.06. The highest BCUT2D eigenvalue weighted by atomic mass is 35.5. The fourth-order valence-corrected chi connectivity index (χ4v) is 3.38. The maximum Gasteiger partial charge on any atom is 0.252 e. The van der Waals surface area contributed by atoms with E-state index in [1.165, 1.54) is 11.3 Å². The van der Waals surface area contributed by atoms with E-state index in [0.717, 1.165) is 22.1 Å². The van der Waals surface area contributed by atoms with Gasteiger partial charge in [0.25, 0.3) is 5.91 Å². The number of carbonyl (C=O) groups excluding carboxylic acids is 1. The fourth-order valence-electron chi connectivity index (χ4n) is 2.28. The van der Waals surface area contributed by atoms with E-state index in [-0.39, 0.29) is 30.5 Å². The minimum Gasteiger partial charge on any atom is -0.364 e. The lowest BCUT2D eigenvalue weighted by Gasteiger charge is -2.24. The molecule has 0 aromatic carbocycles. The molecule has 0 saturated carbocycles. The minimum atomic E-state index is -0.376. The number of halogens is 2. The maximum atomic E-state index is 12.5. The van der Waals surface area contributed by atoms with Crippen LogP contribution in [0, 0.1) is 0 Å². The monoisotopic (exact) mass is 350 g/mol. The smallest absolute Gasteiger partial charge is 0.252 e. The van der Waals surface area contributed by atoms with Crippen LogP contribution >= 0.6 is 35.3 Å². The third-order valence-corrected chi connectivity index (χ3v) is 4.50. The summed E-state index contributed by atoms with van der Waals surface area (Å²) in [6, 6.07) is 3.78. The SMILES string of the molecule is C=CCN(Cc1ccc(Cl)s1)C(=O)[C@@H]1CC[C@H](CN)O1.Cl. The summed E-state index contributed by atoms with van der Waals surface area (Å²) < 4.78 is 6.40. The third-order valence-electron chi connectivity index (χ3n) is 3.28. The zero-order valence-corrected chi connectivity index (χ0v) is 14.1. The number of hydrogen-bond acceptors (Lipinski definition) is 4. The van der Waals surface area contributed by atoms with Crippen molar-refractivity contribution in [2.75, 3.05) is 13.1 Å². The van der Waals surface area contributed by atoms with E-state index in [4.69, 9.17) is 22.1 Å². The first-order valence-electron chi connectivity index (χ1n) is 6.63. The molecule has 118 valence electrons. The van der Waals surface area contributed by atoms with Crippen LogP contribution in [0.5, 0.6) is 0 Å². The van der Waals surface area contributed by atoms with Gasteiger partial charge in [-0.2, -0.15) is 0 Å². The zero-order chi connectivity index (χ0) is 14.5. The van der Waals surface area contributed by atoms with Crippen LogP contribution in [-0.2, 0) is 16.1 Å². The van der Waals surface area contributed by atoms with Gasteiger partial charge >= 0.3 is 0 Å². The summed E-state index contributed by atoms with van der Waals surface area (Å²) >= 11 is 7.41. The molecule has 1 aromatic rings. The quantitative estimate of drug-likeness (QED) is 0.802. The van der Waals surface area contributed by atoms with Crippen molar-refractivity contribution >= 4 is 41.3 Å². The molecule has 1 aliphatic heterocycles. The van der Waals surface area contributed by atoms with E-state index in [1.54, 1.807) is 11.0 Å². The fraction of sp³-hybridized carbons (Fsp3) is 0.500. The topological polar surface area (TPSA) is 55.6 Å². The minimum absolute atomic E-state index is 0. The molecule has 1 amide bonds. The van der Waals surface area contributed by atoms with Gasteiger partial charge in [0.15, 0.2) is 0 Å². The van der Waals surface area contributed by atoms with Crippen molar-refractivity contribution in [3.05, 3.63) is 34.0 Å². The lowest BCUT2D eigenvalue weighted by molar-refractivity contribution is -0.142. The van der Waals surface area contributed by atoms with E-state index in [2.05, 4.69) is 6.58 Å². The van der Waals surface area contributed by atoms with E-state index in [9.17, 15) is 4.79 Å². The Kier molecular flexibility index (Phi) is 7.70. The second-order valence-electron chi connectivity index (χ2n) is 4.77. The van der Waals surface area contributed by atoms with Crippen molar-refractivity contribution in [3.63, 3.8) is 0 Å². The van der Waals surface area contributed by atoms with Crippen LogP contribution in [0.1, 0.15) is 17.7 Å². The summed E-state index contributed by atoms with van der Waals surface area (Å²) in [7, 11) is 0. The van der Waals surface area contributed by atoms with Crippen LogP contribution < -0.4 is 5.73 Å². The largest absolute Gasteiger partial charge is 0.364 e. The van der Waals surface area contributed by atoms with Crippen molar-refractivity contribution in [3.8, 4) is 0 Å². The number of nitrogens with two attached hydrogens (primary N) is 1. The van der Waals surface area contributed by atoms with Crippen molar-refractivity contribution in [2.45, 2.75) is 31.6 Å². The molecule has 7 heteroatoms. The van der Waals surface area contributed by atoms with Crippen LogP contribution in [0.2, 0.25) is 4.34 Å². The van der Waals surface area contributed by atoms with Crippen molar-refractivity contribution in [1.82, 2.24) is 4.90 Å². The molecule has 2 heterocycles. The van der Waals surface area contributed by atoms with Crippen molar-refractivity contribution in [1.29, 1.82) is 0 Å². The maximum absolute atomic E-state index is 12.5. The van der Waals surface area contributed by atoms with Gasteiger partial charge in [-0.05, 0) is 25.0 Å². The Hall–Kier alpha value is -0.590. The molecular weight excluding hydrogens is 331 g/mol. The normalized spacial score (nSPS) is 20.9. The molecule has 1 fully saturated rings. The van der Waals surface area contributed by atoms with E-state index >= 15 is 0 Å². The van der Waals surface area contributed by atoms with Crippen LogP contribution in [0.4, 0.5) is 0 Å². The van der Waals surface area contributed by atoms with Gasteiger partial charge in [-0.15, -0.1) is 30.3 Å². The molecule has 1 aromatic heterocycles. The summed E-state index contributed by atoms with van der Waals surface area (Å²) in [6.07, 6.45) is 2.94. The first-order valence-corrected chi connectivity index (χ1v) is 7.83. The molecular formula is C14H20Cl2N2O2S. The van der Waals surface area contributed by atoms with Crippen molar-refractivity contribution in [2.24, 2.45) is 5.73 Å². The number of nitrogens with zero attached hydrogens (tertiary/aromatic N) is 1. The lowest BCUT2D eigenvalue weighted by Crippen LogP contribution is -2.39. The Labute approximate surface area is 140 Å². The molecule has 0 spiro atoms. The number of rotatable bonds is 6. The molecule has 0 unspecified atom stereocenters. The lowest BCUT2D eigenvalue weighted by atomic mass is 10.1. The average molecular weight is 351 g/mol. The molecule has 1 aliphatic rings. The van der Waals surface area contributed by atoms with E-state index in [1.807, 2.05) is 12.1 Å². The molecule has 1 saturated heterocycles. The van der Waals surface area contributed by atoms with Crippen LogP contribution in [-0.4, -0.2) is 36.1 Å². The Morgan fingerprint density at radius 1 is 1.57 bits per heavy atom. The summed E-state index contributed by atoms with van der Waals surface area (Å²) in [5.74, 6) is 0.00497. The highest BCUT2D eigenvalue weighted by molar-refractivity contribution is 7.16. The van der Waals surface area contributed by atoms with Gasteiger partial charge in [-0.1, -0.05) is 17.7 Å². The second-order valence-corrected chi connectivity index (χ2v) is 6.57. The summed E-state index contributed by atoms with van der Waals surface area (Å²) in [5, 5.41) is 0. The number of thiophene rings is 1. The molecule has 0 bridgehead atoms. The first kappa shape index (κ1) is 18.5.